The third-order valence-corrected chi connectivity index (χ3v) is 3.71. The third-order valence-electron chi connectivity index (χ3n) is 3.71. The molecule has 2 heterocycles. The van der Waals surface area contributed by atoms with Crippen molar-refractivity contribution in [3.05, 3.63) is 17.5 Å². The van der Waals surface area contributed by atoms with Crippen LogP contribution < -0.4 is 4.90 Å². The predicted octanol–water partition coefficient (Wildman–Crippen LogP) is 0.676. The molecule has 9 heteroatoms. The van der Waals surface area contributed by atoms with Crippen molar-refractivity contribution in [2.75, 3.05) is 31.1 Å². The molecule has 1 saturated heterocycles. The van der Waals surface area contributed by atoms with Crippen molar-refractivity contribution in [1.82, 2.24) is 14.5 Å². The molecule has 0 aromatic carbocycles. The quantitative estimate of drug-likeness (QED) is 0.608. The average molecular weight is 343 g/mol. The summed E-state index contributed by atoms with van der Waals surface area (Å²) in [5.41, 5.74) is 0.467. The summed E-state index contributed by atoms with van der Waals surface area (Å²) in [6.07, 6.45) is 1.22. The lowest BCUT2D eigenvalue weighted by Crippen LogP contribution is -2.49. The first-order valence-corrected chi connectivity index (χ1v) is 7.52. The first-order chi connectivity index (χ1) is 12.0. The Balaban J connectivity index is 2.38. The lowest BCUT2D eigenvalue weighted by Gasteiger charge is -2.33. The van der Waals surface area contributed by atoms with Crippen molar-refractivity contribution < 1.29 is 19.8 Å². The largest absolute Gasteiger partial charge is 0.478 e. The summed E-state index contributed by atoms with van der Waals surface area (Å²) in [4.78, 5) is 29.3. The molecule has 1 aliphatic heterocycles. The van der Waals surface area contributed by atoms with Gasteiger partial charge in [-0.25, -0.2) is 14.6 Å². The number of aromatic nitrogens is 2. The van der Waals surface area contributed by atoms with E-state index < -0.39 is 12.1 Å². The van der Waals surface area contributed by atoms with Crippen LogP contribution in [0.3, 0.4) is 0 Å². The minimum absolute atomic E-state index is 0.218. The highest BCUT2D eigenvalue weighted by atomic mass is 16.4. The van der Waals surface area contributed by atoms with Gasteiger partial charge < -0.3 is 20.0 Å². The number of hydrogen-bond acceptors (Lipinski definition) is 5. The minimum Gasteiger partial charge on any atom is -0.478 e. The van der Waals surface area contributed by atoms with Gasteiger partial charge in [0.25, 0.3) is 0 Å². The zero-order chi connectivity index (χ0) is 18.4. The fourth-order valence-corrected chi connectivity index (χ4v) is 2.49. The van der Waals surface area contributed by atoms with Crippen molar-refractivity contribution in [3.8, 4) is 17.9 Å². The molecular weight excluding hydrogens is 326 g/mol. The Morgan fingerprint density at radius 3 is 2.48 bits per heavy atom. The molecule has 1 aromatic rings. The fourth-order valence-electron chi connectivity index (χ4n) is 2.49. The highest BCUT2D eigenvalue weighted by molar-refractivity contribution is 5.85. The smallest absolute Gasteiger partial charge is 0.407 e. The lowest BCUT2D eigenvalue weighted by molar-refractivity contribution is -0.131. The molecule has 0 atom stereocenters. The van der Waals surface area contributed by atoms with Gasteiger partial charge in [0, 0.05) is 32.3 Å². The van der Waals surface area contributed by atoms with Crippen LogP contribution in [0.15, 0.2) is 6.08 Å². The summed E-state index contributed by atoms with van der Waals surface area (Å²) in [5.74, 6) is 4.97. The number of carboxylic acids is 1. The van der Waals surface area contributed by atoms with Gasteiger partial charge in [0.05, 0.1) is 6.54 Å². The van der Waals surface area contributed by atoms with Gasteiger partial charge in [0.1, 0.15) is 17.5 Å². The molecule has 2 rings (SSSR count). The van der Waals surface area contributed by atoms with Crippen LogP contribution in [0.1, 0.15) is 18.3 Å². The van der Waals surface area contributed by atoms with Crippen LogP contribution in [0.5, 0.6) is 0 Å². The van der Waals surface area contributed by atoms with E-state index in [0.29, 0.717) is 32.1 Å². The molecule has 2 N–H and O–H groups in total. The molecule has 1 amide bonds. The molecule has 0 aliphatic carbocycles. The number of amides is 1. The van der Waals surface area contributed by atoms with Gasteiger partial charge in [-0.05, 0) is 13.0 Å². The second-order valence-corrected chi connectivity index (χ2v) is 5.20. The Kier molecular flexibility index (Phi) is 5.64. The summed E-state index contributed by atoms with van der Waals surface area (Å²) in [5, 5.41) is 27.3. The van der Waals surface area contributed by atoms with E-state index in [1.54, 1.807) is 11.5 Å². The summed E-state index contributed by atoms with van der Waals surface area (Å²) in [6, 6.07) is 2.04. The Morgan fingerprint density at radius 1 is 1.28 bits per heavy atom. The number of carbonyl (C=O) groups is 2. The Hall–Kier alpha value is -3.46. The van der Waals surface area contributed by atoms with E-state index in [1.807, 2.05) is 11.0 Å². The summed E-state index contributed by atoms with van der Waals surface area (Å²) < 4.78 is 1.62. The van der Waals surface area contributed by atoms with Crippen LogP contribution in [0.25, 0.3) is 6.08 Å². The molecule has 25 heavy (non-hydrogen) atoms. The molecule has 0 spiro atoms. The van der Waals surface area contributed by atoms with Crippen molar-refractivity contribution in [2.45, 2.75) is 13.5 Å². The van der Waals surface area contributed by atoms with E-state index in [0.717, 1.165) is 6.08 Å². The molecule has 130 valence electrons. The van der Waals surface area contributed by atoms with Crippen LogP contribution in [0.4, 0.5) is 10.7 Å². The van der Waals surface area contributed by atoms with E-state index in [1.165, 1.54) is 11.0 Å². The predicted molar refractivity (Wildman–Crippen MR) is 88.9 cm³/mol. The minimum atomic E-state index is -1.14. The normalized spacial score (nSPS) is 14.1. The summed E-state index contributed by atoms with van der Waals surface area (Å²) in [7, 11) is 0. The van der Waals surface area contributed by atoms with E-state index in [4.69, 9.17) is 10.2 Å². The molecule has 1 aromatic heterocycles. The highest BCUT2D eigenvalue weighted by Crippen LogP contribution is 2.22. The number of piperazine rings is 1. The van der Waals surface area contributed by atoms with E-state index >= 15 is 0 Å². The van der Waals surface area contributed by atoms with Crippen molar-refractivity contribution in [3.63, 3.8) is 0 Å². The topological polar surface area (TPSA) is 123 Å². The number of nitrogens with zero attached hydrogens (tertiary/aromatic N) is 5. The SMILES string of the molecule is CC#CCn1c(N2CCN(C(=O)O)CC2)nc(/C=C/C(=O)O)c1C#N. The number of rotatable bonds is 4. The molecule has 1 aliphatic rings. The molecule has 0 bridgehead atoms. The van der Waals surface area contributed by atoms with Crippen LogP contribution in [0.2, 0.25) is 0 Å². The highest BCUT2D eigenvalue weighted by Gasteiger charge is 2.25. The first-order valence-electron chi connectivity index (χ1n) is 7.52. The van der Waals surface area contributed by atoms with E-state index in [-0.39, 0.29) is 17.9 Å². The zero-order valence-corrected chi connectivity index (χ0v) is 13.6. The van der Waals surface area contributed by atoms with Crippen LogP contribution in [-0.4, -0.2) is 62.9 Å². The number of anilines is 1. The van der Waals surface area contributed by atoms with Gasteiger partial charge >= 0.3 is 12.1 Å². The molecule has 1 fully saturated rings. The Labute approximate surface area is 144 Å². The van der Waals surface area contributed by atoms with Crippen LogP contribution in [0, 0.1) is 23.2 Å². The lowest BCUT2D eigenvalue weighted by atomic mass is 10.3. The van der Waals surface area contributed by atoms with Gasteiger partial charge in [-0.2, -0.15) is 5.26 Å². The maximum absolute atomic E-state index is 11.0. The Bertz CT molecular complexity index is 801. The molecule has 0 radical (unpaired) electrons. The molecule has 0 unspecified atom stereocenters. The maximum atomic E-state index is 11.0. The maximum Gasteiger partial charge on any atom is 0.407 e. The Morgan fingerprint density at radius 2 is 1.96 bits per heavy atom. The molecule has 0 saturated carbocycles. The standard InChI is InChI=1S/C16H17N5O4/c1-2-3-6-21-13(11-17)12(4-5-14(22)23)18-15(21)19-7-9-20(10-8-19)16(24)25/h4-5H,6-10H2,1H3,(H,22,23)(H,24,25)/b5-4+. The third kappa shape index (κ3) is 4.09. The number of aliphatic carboxylic acids is 1. The first kappa shape index (κ1) is 17.9. The monoisotopic (exact) mass is 343 g/mol. The van der Waals surface area contributed by atoms with Gasteiger partial charge in [-0.3, -0.25) is 4.57 Å². The van der Waals surface area contributed by atoms with Gasteiger partial charge in [-0.1, -0.05) is 5.92 Å². The number of nitriles is 1. The summed E-state index contributed by atoms with van der Waals surface area (Å²) in [6.45, 7) is 3.42. The van der Waals surface area contributed by atoms with Crippen molar-refractivity contribution >= 4 is 24.1 Å². The fraction of sp³-hybridized carbons (Fsp3) is 0.375. The average Bonchev–Trinajstić information content (AvgIpc) is 2.95. The van der Waals surface area contributed by atoms with Crippen LogP contribution >= 0.6 is 0 Å². The van der Waals surface area contributed by atoms with Gasteiger partial charge in [0.15, 0.2) is 0 Å². The van der Waals surface area contributed by atoms with E-state index in [2.05, 4.69) is 16.8 Å². The number of imidazole rings is 1. The summed E-state index contributed by atoms with van der Waals surface area (Å²) >= 11 is 0. The van der Waals surface area contributed by atoms with Gasteiger partial charge in [-0.15, -0.1) is 5.92 Å². The van der Waals surface area contributed by atoms with Crippen LogP contribution in [-0.2, 0) is 11.3 Å². The van der Waals surface area contributed by atoms with Crippen molar-refractivity contribution in [1.29, 1.82) is 5.26 Å². The van der Waals surface area contributed by atoms with Gasteiger partial charge in [0.2, 0.25) is 5.95 Å². The molecular formula is C16H17N5O4. The van der Waals surface area contributed by atoms with Crippen molar-refractivity contribution in [2.24, 2.45) is 0 Å². The number of carboxylic acid groups (broad SMARTS) is 2. The second kappa shape index (κ2) is 7.88. The molecule has 9 nitrogen and oxygen atoms in total. The number of hydrogen-bond donors (Lipinski definition) is 2. The van der Waals surface area contributed by atoms with E-state index in [9.17, 15) is 14.9 Å². The zero-order valence-electron chi connectivity index (χ0n) is 13.6. The second-order valence-electron chi connectivity index (χ2n) is 5.20.